The van der Waals surface area contributed by atoms with E-state index < -0.39 is 0 Å². The van der Waals surface area contributed by atoms with Gasteiger partial charge in [-0.15, -0.1) is 5.10 Å². The smallest absolute Gasteiger partial charge is 0.249 e. The number of ether oxygens (including phenoxy) is 2. The number of benzene rings is 2. The molecule has 0 fully saturated rings. The summed E-state index contributed by atoms with van der Waals surface area (Å²) in [4.78, 5) is 4.37. The second kappa shape index (κ2) is 8.07. The van der Waals surface area contributed by atoms with Gasteiger partial charge in [-0.3, -0.25) is 0 Å². The minimum absolute atomic E-state index is 0.306. The first-order valence-corrected chi connectivity index (χ1v) is 8.25. The SMILES string of the molecule is COc1ccc(Nc2cnnc(Nc3ccc(Cl)c(Cl)c3)n2)c(OC)c1. The van der Waals surface area contributed by atoms with Crippen molar-refractivity contribution < 1.29 is 9.47 Å². The van der Waals surface area contributed by atoms with Gasteiger partial charge < -0.3 is 20.1 Å². The first-order valence-electron chi connectivity index (χ1n) is 7.50. The zero-order valence-electron chi connectivity index (χ0n) is 14.0. The summed E-state index contributed by atoms with van der Waals surface area (Å²) < 4.78 is 10.6. The van der Waals surface area contributed by atoms with Gasteiger partial charge in [0.05, 0.1) is 36.1 Å². The molecule has 0 amide bonds. The average molecular weight is 392 g/mol. The monoisotopic (exact) mass is 391 g/mol. The fraction of sp³-hybridized carbons (Fsp3) is 0.118. The van der Waals surface area contributed by atoms with Gasteiger partial charge in [-0.05, 0) is 30.3 Å². The maximum atomic E-state index is 6.01. The zero-order valence-corrected chi connectivity index (χ0v) is 15.5. The molecule has 134 valence electrons. The van der Waals surface area contributed by atoms with Crippen LogP contribution in [0.15, 0.2) is 42.6 Å². The van der Waals surface area contributed by atoms with Crippen LogP contribution >= 0.6 is 23.2 Å². The lowest BCUT2D eigenvalue weighted by atomic mass is 10.2. The van der Waals surface area contributed by atoms with E-state index in [1.54, 1.807) is 38.5 Å². The molecular weight excluding hydrogens is 377 g/mol. The summed E-state index contributed by atoms with van der Waals surface area (Å²) in [5, 5.41) is 15.0. The molecule has 0 atom stereocenters. The first kappa shape index (κ1) is 18.0. The molecule has 2 aromatic carbocycles. The Morgan fingerprint density at radius 2 is 1.77 bits per heavy atom. The number of aromatic nitrogens is 3. The molecule has 2 N–H and O–H groups in total. The molecule has 9 heteroatoms. The highest BCUT2D eigenvalue weighted by Crippen LogP contribution is 2.31. The molecule has 0 saturated heterocycles. The van der Waals surface area contributed by atoms with Crippen molar-refractivity contribution in [1.29, 1.82) is 0 Å². The topological polar surface area (TPSA) is 81.2 Å². The third-order valence-electron chi connectivity index (χ3n) is 3.41. The number of halogens is 2. The quantitative estimate of drug-likeness (QED) is 0.630. The third-order valence-corrected chi connectivity index (χ3v) is 4.15. The standard InChI is InChI=1S/C17H15Cl2N5O2/c1-25-11-4-6-14(15(8-11)26-2)22-16-9-20-24-17(23-16)21-10-3-5-12(18)13(19)7-10/h3-9H,1-2H3,(H2,21,22,23,24). The minimum Gasteiger partial charge on any atom is -0.497 e. The van der Waals surface area contributed by atoms with E-state index >= 15 is 0 Å². The molecule has 7 nitrogen and oxygen atoms in total. The number of nitrogens with one attached hydrogen (secondary N) is 2. The van der Waals surface area contributed by atoms with E-state index in [0.717, 1.165) is 0 Å². The number of anilines is 4. The Kier molecular flexibility index (Phi) is 5.60. The Labute approximate surface area is 160 Å². The second-order valence-electron chi connectivity index (χ2n) is 5.11. The lowest BCUT2D eigenvalue weighted by Crippen LogP contribution is -2.03. The lowest BCUT2D eigenvalue weighted by Gasteiger charge is -2.12. The van der Waals surface area contributed by atoms with Crippen molar-refractivity contribution in [2.75, 3.05) is 24.9 Å². The summed E-state index contributed by atoms with van der Waals surface area (Å²) in [7, 11) is 3.17. The van der Waals surface area contributed by atoms with Gasteiger partial charge in [-0.25, -0.2) is 0 Å². The molecule has 0 aliphatic carbocycles. The van der Waals surface area contributed by atoms with E-state index in [-0.39, 0.29) is 0 Å². The molecule has 0 aliphatic heterocycles. The maximum absolute atomic E-state index is 6.01. The summed E-state index contributed by atoms with van der Waals surface area (Å²) in [6.07, 6.45) is 1.50. The van der Waals surface area contributed by atoms with E-state index in [2.05, 4.69) is 25.8 Å². The highest BCUT2D eigenvalue weighted by Gasteiger charge is 2.08. The van der Waals surface area contributed by atoms with Crippen molar-refractivity contribution in [2.45, 2.75) is 0 Å². The second-order valence-corrected chi connectivity index (χ2v) is 5.92. The predicted octanol–water partition coefficient (Wildman–Crippen LogP) is 4.68. The summed E-state index contributed by atoms with van der Waals surface area (Å²) in [5.41, 5.74) is 1.41. The van der Waals surface area contributed by atoms with E-state index in [1.165, 1.54) is 6.20 Å². The van der Waals surface area contributed by atoms with Crippen LogP contribution in [-0.2, 0) is 0 Å². The van der Waals surface area contributed by atoms with Crippen LogP contribution in [-0.4, -0.2) is 29.4 Å². The van der Waals surface area contributed by atoms with Gasteiger partial charge in [0.25, 0.3) is 0 Å². The van der Waals surface area contributed by atoms with E-state index in [9.17, 15) is 0 Å². The number of hydrogen-bond acceptors (Lipinski definition) is 7. The van der Waals surface area contributed by atoms with Crippen molar-refractivity contribution >= 4 is 46.3 Å². The molecule has 0 unspecified atom stereocenters. The summed E-state index contributed by atoms with van der Waals surface area (Å²) in [6, 6.07) is 10.5. The molecule has 3 rings (SSSR count). The van der Waals surface area contributed by atoms with E-state index in [1.807, 2.05) is 12.1 Å². The molecule has 1 aromatic heterocycles. The molecule has 0 aliphatic rings. The van der Waals surface area contributed by atoms with Gasteiger partial charge in [0.1, 0.15) is 11.5 Å². The summed E-state index contributed by atoms with van der Waals surface area (Å²) in [6.45, 7) is 0. The predicted molar refractivity (Wildman–Crippen MR) is 102 cm³/mol. The van der Waals surface area contributed by atoms with Crippen molar-refractivity contribution in [2.24, 2.45) is 0 Å². The normalized spacial score (nSPS) is 10.3. The largest absolute Gasteiger partial charge is 0.497 e. The molecular formula is C17H15Cl2N5O2. The molecule has 0 radical (unpaired) electrons. The van der Waals surface area contributed by atoms with Gasteiger partial charge in [-0.1, -0.05) is 23.2 Å². The molecule has 1 heterocycles. The van der Waals surface area contributed by atoms with Gasteiger partial charge in [-0.2, -0.15) is 10.1 Å². The Bertz CT molecular complexity index is 923. The van der Waals surface area contributed by atoms with Crippen molar-refractivity contribution in [1.82, 2.24) is 15.2 Å². The van der Waals surface area contributed by atoms with Gasteiger partial charge >= 0.3 is 0 Å². The van der Waals surface area contributed by atoms with E-state index in [0.29, 0.717) is 44.7 Å². The van der Waals surface area contributed by atoms with Gasteiger partial charge in [0.15, 0.2) is 5.82 Å². The highest BCUT2D eigenvalue weighted by atomic mass is 35.5. The molecule has 0 spiro atoms. The van der Waals surface area contributed by atoms with E-state index in [4.69, 9.17) is 32.7 Å². The molecule has 26 heavy (non-hydrogen) atoms. The Morgan fingerprint density at radius 1 is 0.923 bits per heavy atom. The van der Waals surface area contributed by atoms with Gasteiger partial charge in [0.2, 0.25) is 5.95 Å². The van der Waals surface area contributed by atoms with Crippen LogP contribution in [0.25, 0.3) is 0 Å². The van der Waals surface area contributed by atoms with Crippen molar-refractivity contribution in [3.8, 4) is 11.5 Å². The Hall–Kier alpha value is -2.77. The van der Waals surface area contributed by atoms with Crippen LogP contribution < -0.4 is 20.1 Å². The number of rotatable bonds is 6. The summed E-state index contributed by atoms with van der Waals surface area (Å²) in [5.74, 6) is 2.10. The zero-order chi connectivity index (χ0) is 18.5. The summed E-state index contributed by atoms with van der Waals surface area (Å²) >= 11 is 11.9. The number of methoxy groups -OCH3 is 2. The van der Waals surface area contributed by atoms with Crippen LogP contribution in [0.4, 0.5) is 23.1 Å². The Morgan fingerprint density at radius 3 is 2.50 bits per heavy atom. The van der Waals surface area contributed by atoms with Crippen molar-refractivity contribution in [3.05, 3.63) is 52.6 Å². The maximum Gasteiger partial charge on any atom is 0.249 e. The number of hydrogen-bond donors (Lipinski definition) is 2. The first-order chi connectivity index (χ1) is 12.6. The van der Waals surface area contributed by atoms with Crippen molar-refractivity contribution in [3.63, 3.8) is 0 Å². The number of nitrogens with zero attached hydrogens (tertiary/aromatic N) is 3. The third kappa shape index (κ3) is 4.25. The van der Waals surface area contributed by atoms with Crippen LogP contribution in [0.5, 0.6) is 11.5 Å². The van der Waals surface area contributed by atoms with Crippen LogP contribution in [0, 0.1) is 0 Å². The molecule has 0 saturated carbocycles. The fourth-order valence-electron chi connectivity index (χ4n) is 2.16. The average Bonchev–Trinajstić information content (AvgIpc) is 2.65. The molecule has 0 bridgehead atoms. The van der Waals surface area contributed by atoms with Crippen LogP contribution in [0.2, 0.25) is 10.0 Å². The lowest BCUT2D eigenvalue weighted by molar-refractivity contribution is 0.395. The Balaban J connectivity index is 1.80. The highest BCUT2D eigenvalue weighted by molar-refractivity contribution is 6.42. The van der Waals surface area contributed by atoms with Crippen LogP contribution in [0.1, 0.15) is 0 Å². The van der Waals surface area contributed by atoms with Crippen LogP contribution in [0.3, 0.4) is 0 Å². The van der Waals surface area contributed by atoms with Gasteiger partial charge in [0, 0.05) is 11.8 Å². The minimum atomic E-state index is 0.306. The molecule has 3 aromatic rings. The fourth-order valence-corrected chi connectivity index (χ4v) is 2.46.